The first-order valence-electron chi connectivity index (χ1n) is 9.03. The zero-order chi connectivity index (χ0) is 21.5. The fourth-order valence-corrected chi connectivity index (χ4v) is 3.22. The number of ether oxygens (including phenoxy) is 2. The van der Waals surface area contributed by atoms with Crippen molar-refractivity contribution < 1.29 is 23.9 Å². The summed E-state index contributed by atoms with van der Waals surface area (Å²) in [5.41, 5.74) is 7.11. The van der Waals surface area contributed by atoms with Crippen LogP contribution in [0, 0.1) is 0 Å². The first kappa shape index (κ1) is 21.1. The second-order valence-electron chi connectivity index (χ2n) is 6.04. The second-order valence-corrected chi connectivity index (χ2v) is 7.10. The number of amidine groups is 1. The highest BCUT2D eigenvalue weighted by atomic mass is 32.2. The van der Waals surface area contributed by atoms with Crippen LogP contribution in [0.2, 0.25) is 0 Å². The topological polar surface area (TPSA) is 120 Å². The molecule has 2 aromatic rings. The molecule has 2 aromatic carbocycles. The minimum atomic E-state index is -0.421. The van der Waals surface area contributed by atoms with Crippen molar-refractivity contribution in [3.8, 4) is 5.75 Å². The van der Waals surface area contributed by atoms with E-state index in [4.69, 9.17) is 15.2 Å². The van der Waals surface area contributed by atoms with Gasteiger partial charge in [-0.3, -0.25) is 9.59 Å². The van der Waals surface area contributed by atoms with E-state index in [1.54, 1.807) is 61.5 Å². The molecule has 9 heteroatoms. The Morgan fingerprint density at radius 1 is 1.17 bits per heavy atom. The van der Waals surface area contributed by atoms with E-state index < -0.39 is 11.9 Å². The number of hydrogen-bond donors (Lipinski definition) is 2. The molecule has 0 atom stereocenters. The smallest absolute Gasteiger partial charge is 0.338 e. The Hall–Kier alpha value is -3.59. The van der Waals surface area contributed by atoms with E-state index in [1.165, 1.54) is 0 Å². The number of anilines is 1. The molecule has 3 rings (SSSR count). The molecule has 3 N–H and O–H groups in total. The van der Waals surface area contributed by atoms with E-state index >= 15 is 0 Å². The standard InChI is InChI=1S/C21H19N3O5S/c1-2-28-20(27)13-7-9-15(10-8-13)23-18(25)12-29-16-6-4-3-5-14(16)11-17-19(26)24-21(22)30-17/h3-11H,2,12H2,1H3,(H,23,25)(H2,22,24,26)/b17-11-. The van der Waals surface area contributed by atoms with Crippen molar-refractivity contribution in [1.29, 1.82) is 0 Å². The average Bonchev–Trinajstić information content (AvgIpc) is 3.04. The fraction of sp³-hybridized carbons (Fsp3) is 0.143. The Morgan fingerprint density at radius 2 is 1.90 bits per heavy atom. The third kappa shape index (κ3) is 5.48. The summed E-state index contributed by atoms with van der Waals surface area (Å²) in [5, 5.41) is 2.88. The summed E-state index contributed by atoms with van der Waals surface area (Å²) in [5.74, 6) is -0.760. The number of amides is 2. The van der Waals surface area contributed by atoms with Gasteiger partial charge in [0.1, 0.15) is 5.75 Å². The van der Waals surface area contributed by atoms with Gasteiger partial charge in [0.2, 0.25) is 0 Å². The Morgan fingerprint density at radius 3 is 2.57 bits per heavy atom. The van der Waals surface area contributed by atoms with E-state index in [2.05, 4.69) is 10.3 Å². The molecule has 1 aliphatic rings. The number of nitrogens with two attached hydrogens (primary N) is 1. The van der Waals surface area contributed by atoms with Gasteiger partial charge in [0, 0.05) is 11.3 Å². The summed E-state index contributed by atoms with van der Waals surface area (Å²) >= 11 is 1.08. The Bertz CT molecular complexity index is 1030. The van der Waals surface area contributed by atoms with Gasteiger partial charge < -0.3 is 20.5 Å². The van der Waals surface area contributed by atoms with Crippen LogP contribution in [0.3, 0.4) is 0 Å². The van der Waals surface area contributed by atoms with Crippen molar-refractivity contribution >= 4 is 46.5 Å². The summed E-state index contributed by atoms with van der Waals surface area (Å²) in [4.78, 5) is 39.7. The number of nitrogens with zero attached hydrogens (tertiary/aromatic N) is 1. The Labute approximate surface area is 177 Å². The zero-order valence-electron chi connectivity index (χ0n) is 16.1. The molecular weight excluding hydrogens is 406 g/mol. The fourth-order valence-electron chi connectivity index (χ4n) is 2.54. The lowest BCUT2D eigenvalue weighted by molar-refractivity contribution is -0.118. The van der Waals surface area contributed by atoms with Crippen LogP contribution in [0.5, 0.6) is 5.75 Å². The average molecular weight is 425 g/mol. The molecule has 0 unspecified atom stereocenters. The SMILES string of the molecule is CCOC(=O)c1ccc(NC(=O)COc2ccccc2/C=C2\SC(N)=NC2=O)cc1. The van der Waals surface area contributed by atoms with Crippen LogP contribution >= 0.6 is 11.8 Å². The highest BCUT2D eigenvalue weighted by Gasteiger charge is 2.20. The number of aliphatic imine (C=N–C) groups is 1. The third-order valence-electron chi connectivity index (χ3n) is 3.88. The number of benzene rings is 2. The van der Waals surface area contributed by atoms with E-state index in [-0.39, 0.29) is 17.7 Å². The zero-order valence-corrected chi connectivity index (χ0v) is 16.9. The number of thioether (sulfide) groups is 1. The lowest BCUT2D eigenvalue weighted by Crippen LogP contribution is -2.20. The number of para-hydroxylation sites is 1. The predicted molar refractivity (Wildman–Crippen MR) is 115 cm³/mol. The highest BCUT2D eigenvalue weighted by Crippen LogP contribution is 2.29. The molecule has 30 heavy (non-hydrogen) atoms. The van der Waals surface area contributed by atoms with Crippen LogP contribution < -0.4 is 15.8 Å². The molecule has 2 amide bonds. The molecule has 0 saturated heterocycles. The van der Waals surface area contributed by atoms with Gasteiger partial charge >= 0.3 is 5.97 Å². The molecule has 0 bridgehead atoms. The van der Waals surface area contributed by atoms with Gasteiger partial charge in [-0.25, -0.2) is 4.79 Å². The molecule has 154 valence electrons. The van der Waals surface area contributed by atoms with Crippen molar-refractivity contribution in [2.45, 2.75) is 6.92 Å². The van der Waals surface area contributed by atoms with Gasteiger partial charge in [0.25, 0.3) is 11.8 Å². The van der Waals surface area contributed by atoms with E-state index in [0.717, 1.165) is 11.8 Å². The minimum Gasteiger partial charge on any atom is -0.483 e. The molecule has 1 heterocycles. The molecule has 0 fully saturated rings. The first-order chi connectivity index (χ1) is 14.5. The van der Waals surface area contributed by atoms with Crippen molar-refractivity contribution in [3.63, 3.8) is 0 Å². The Kier molecular flexibility index (Phi) is 6.87. The number of esters is 1. The van der Waals surface area contributed by atoms with Crippen molar-refractivity contribution in [2.24, 2.45) is 10.7 Å². The lowest BCUT2D eigenvalue weighted by Gasteiger charge is -2.10. The maximum absolute atomic E-state index is 12.2. The van der Waals surface area contributed by atoms with E-state index in [1.807, 2.05) is 0 Å². The summed E-state index contributed by atoms with van der Waals surface area (Å²) in [6.45, 7) is 1.79. The number of rotatable bonds is 7. The van der Waals surface area contributed by atoms with Gasteiger partial charge in [0.05, 0.1) is 17.1 Å². The lowest BCUT2D eigenvalue weighted by atomic mass is 10.2. The summed E-state index contributed by atoms with van der Waals surface area (Å²) in [6, 6.07) is 13.4. The van der Waals surface area contributed by atoms with Crippen LogP contribution in [0.25, 0.3) is 6.08 Å². The van der Waals surface area contributed by atoms with Gasteiger partial charge in [-0.1, -0.05) is 18.2 Å². The molecule has 0 spiro atoms. The number of carbonyl (C=O) groups is 3. The Balaban J connectivity index is 1.60. The van der Waals surface area contributed by atoms with Crippen LogP contribution in [0.4, 0.5) is 5.69 Å². The number of nitrogens with one attached hydrogen (secondary N) is 1. The summed E-state index contributed by atoms with van der Waals surface area (Å²) in [7, 11) is 0. The molecule has 0 aromatic heterocycles. The molecule has 0 aliphatic carbocycles. The molecule has 0 radical (unpaired) electrons. The molecule has 1 aliphatic heterocycles. The van der Waals surface area contributed by atoms with Crippen molar-refractivity contribution in [2.75, 3.05) is 18.5 Å². The number of hydrogen-bond acceptors (Lipinski definition) is 7. The van der Waals surface area contributed by atoms with Gasteiger partial charge in [-0.2, -0.15) is 4.99 Å². The maximum Gasteiger partial charge on any atom is 0.338 e. The van der Waals surface area contributed by atoms with E-state index in [9.17, 15) is 14.4 Å². The van der Waals surface area contributed by atoms with Crippen molar-refractivity contribution in [3.05, 3.63) is 64.6 Å². The normalized spacial score (nSPS) is 14.4. The predicted octanol–water partition coefficient (Wildman–Crippen LogP) is 2.81. The first-order valence-corrected chi connectivity index (χ1v) is 9.85. The summed E-state index contributed by atoms with van der Waals surface area (Å²) in [6.07, 6.45) is 1.62. The van der Waals surface area contributed by atoms with Crippen LogP contribution in [-0.2, 0) is 14.3 Å². The number of carbonyl (C=O) groups excluding carboxylic acids is 3. The second kappa shape index (κ2) is 9.75. The van der Waals surface area contributed by atoms with Crippen LogP contribution in [0.15, 0.2) is 58.4 Å². The molecule has 8 nitrogen and oxygen atoms in total. The summed E-state index contributed by atoms with van der Waals surface area (Å²) < 4.78 is 10.5. The monoisotopic (exact) mass is 425 g/mol. The van der Waals surface area contributed by atoms with Crippen LogP contribution in [0.1, 0.15) is 22.8 Å². The minimum absolute atomic E-state index is 0.193. The van der Waals surface area contributed by atoms with Gasteiger partial charge in [-0.15, -0.1) is 0 Å². The largest absolute Gasteiger partial charge is 0.483 e. The van der Waals surface area contributed by atoms with E-state index in [0.29, 0.717) is 34.1 Å². The maximum atomic E-state index is 12.2. The highest BCUT2D eigenvalue weighted by molar-refractivity contribution is 8.18. The van der Waals surface area contributed by atoms with Crippen molar-refractivity contribution in [1.82, 2.24) is 0 Å². The third-order valence-corrected chi connectivity index (χ3v) is 4.69. The van der Waals surface area contributed by atoms with Gasteiger partial charge in [-0.05, 0) is 55.1 Å². The van der Waals surface area contributed by atoms with Crippen LogP contribution in [-0.4, -0.2) is 36.2 Å². The quantitative estimate of drug-likeness (QED) is 0.517. The molecule has 0 saturated carbocycles. The molecular formula is C21H19N3O5S. The van der Waals surface area contributed by atoms with Gasteiger partial charge in [0.15, 0.2) is 11.8 Å².